The van der Waals surface area contributed by atoms with Crippen molar-refractivity contribution in [3.05, 3.63) is 41.0 Å². The highest BCUT2D eigenvalue weighted by atomic mass is 16.5. The molecule has 0 bridgehead atoms. The van der Waals surface area contributed by atoms with Crippen molar-refractivity contribution in [1.29, 1.82) is 0 Å². The molecule has 0 saturated heterocycles. The number of anilines is 1. The number of benzene rings is 2. The monoisotopic (exact) mass is 327 g/mol. The summed E-state index contributed by atoms with van der Waals surface area (Å²) < 4.78 is 10.5. The van der Waals surface area contributed by atoms with Gasteiger partial charge in [0, 0.05) is 18.3 Å². The second-order valence-electron chi connectivity index (χ2n) is 6.37. The first-order valence-electron chi connectivity index (χ1n) is 8.18. The number of nitrogens with zero attached hydrogens (tertiary/aromatic N) is 1. The zero-order valence-electron chi connectivity index (χ0n) is 13.9. The molecule has 5 nitrogen and oxygen atoms in total. The second kappa shape index (κ2) is 5.51. The van der Waals surface area contributed by atoms with Crippen LogP contribution in [0.1, 0.15) is 29.2 Å². The van der Waals surface area contributed by atoms with E-state index < -0.39 is 0 Å². The summed E-state index contributed by atoms with van der Waals surface area (Å²) in [6.45, 7) is 0.879. The topological polar surface area (TPSA) is 62.2 Å². The van der Waals surface area contributed by atoms with Crippen LogP contribution >= 0.6 is 0 Å². The molecule has 0 amide bonds. The number of phenols is 2. The van der Waals surface area contributed by atoms with Gasteiger partial charge >= 0.3 is 0 Å². The summed E-state index contributed by atoms with van der Waals surface area (Å²) in [4.78, 5) is 2.33. The Balaban J connectivity index is 1.77. The molecule has 2 N–H and O–H groups in total. The molecule has 2 aliphatic rings. The van der Waals surface area contributed by atoms with Gasteiger partial charge in [-0.15, -0.1) is 0 Å². The van der Waals surface area contributed by atoms with E-state index in [1.165, 1.54) is 11.1 Å². The third-order valence-electron chi connectivity index (χ3n) is 5.17. The number of hydrogen-bond donors (Lipinski definition) is 2. The SMILES string of the molecule is COc1cc2c(cc1O)[C@@H]1CCc3cc(OC)c(O)cc3N1CC2. The summed E-state index contributed by atoms with van der Waals surface area (Å²) in [7, 11) is 3.14. The standard InChI is InChI=1S/C19H21NO4/c1-23-18-7-11-5-6-20-14(13(11)9-16(18)21)4-3-12-8-19(24-2)17(22)10-15(12)20/h7-10,14,21-22H,3-6H2,1-2H3/t14-/m0/s1. The normalized spacial score (nSPS) is 18.4. The van der Waals surface area contributed by atoms with Crippen molar-refractivity contribution in [2.45, 2.75) is 25.3 Å². The van der Waals surface area contributed by atoms with Crippen molar-refractivity contribution in [1.82, 2.24) is 0 Å². The number of ether oxygens (including phenoxy) is 2. The van der Waals surface area contributed by atoms with Crippen LogP contribution in [0.15, 0.2) is 24.3 Å². The highest BCUT2D eigenvalue weighted by Crippen LogP contribution is 2.47. The van der Waals surface area contributed by atoms with E-state index in [1.54, 1.807) is 20.3 Å². The van der Waals surface area contributed by atoms with E-state index >= 15 is 0 Å². The molecule has 4 rings (SSSR count). The molecule has 0 aromatic heterocycles. The van der Waals surface area contributed by atoms with Crippen molar-refractivity contribution in [2.75, 3.05) is 25.7 Å². The highest BCUT2D eigenvalue weighted by Gasteiger charge is 2.33. The highest BCUT2D eigenvalue weighted by molar-refractivity contribution is 5.66. The first-order valence-corrected chi connectivity index (χ1v) is 8.18. The van der Waals surface area contributed by atoms with E-state index in [9.17, 15) is 10.2 Å². The van der Waals surface area contributed by atoms with Crippen LogP contribution in [-0.4, -0.2) is 31.0 Å². The summed E-state index contributed by atoms with van der Waals surface area (Å²) in [5.74, 6) is 1.40. The number of rotatable bonds is 2. The molecule has 126 valence electrons. The van der Waals surface area contributed by atoms with Crippen LogP contribution in [0.25, 0.3) is 0 Å². The molecule has 2 heterocycles. The van der Waals surface area contributed by atoms with Gasteiger partial charge in [-0.3, -0.25) is 0 Å². The first-order chi connectivity index (χ1) is 11.6. The Bertz CT molecular complexity index is 735. The lowest BCUT2D eigenvalue weighted by molar-refractivity contribution is 0.369. The van der Waals surface area contributed by atoms with E-state index in [0.717, 1.165) is 37.1 Å². The van der Waals surface area contributed by atoms with Crippen LogP contribution in [0.4, 0.5) is 5.69 Å². The Labute approximate surface area is 141 Å². The van der Waals surface area contributed by atoms with Gasteiger partial charge in [0.25, 0.3) is 0 Å². The Hall–Kier alpha value is -2.56. The molecule has 0 unspecified atom stereocenters. The fourth-order valence-corrected chi connectivity index (χ4v) is 4.00. The van der Waals surface area contributed by atoms with Crippen LogP contribution < -0.4 is 14.4 Å². The Morgan fingerprint density at radius 1 is 0.917 bits per heavy atom. The van der Waals surface area contributed by atoms with Gasteiger partial charge in [-0.25, -0.2) is 0 Å². The molecule has 5 heteroatoms. The van der Waals surface area contributed by atoms with Crippen molar-refractivity contribution < 1.29 is 19.7 Å². The van der Waals surface area contributed by atoms with Crippen LogP contribution in [-0.2, 0) is 12.8 Å². The van der Waals surface area contributed by atoms with Crippen LogP contribution in [0.5, 0.6) is 23.0 Å². The van der Waals surface area contributed by atoms with Gasteiger partial charge in [0.15, 0.2) is 23.0 Å². The van der Waals surface area contributed by atoms with Gasteiger partial charge in [-0.05, 0) is 54.2 Å². The van der Waals surface area contributed by atoms with Gasteiger partial charge in [0.2, 0.25) is 0 Å². The average Bonchev–Trinajstić information content (AvgIpc) is 2.60. The lowest BCUT2D eigenvalue weighted by atomic mass is 9.84. The number of fused-ring (bicyclic) bond motifs is 5. The quantitative estimate of drug-likeness (QED) is 0.887. The third kappa shape index (κ3) is 2.15. The fourth-order valence-electron chi connectivity index (χ4n) is 4.00. The lowest BCUT2D eigenvalue weighted by Crippen LogP contribution is -2.38. The van der Waals surface area contributed by atoms with Crippen molar-refractivity contribution in [3.8, 4) is 23.0 Å². The minimum absolute atomic E-state index is 0.167. The van der Waals surface area contributed by atoms with Crippen LogP contribution in [0.2, 0.25) is 0 Å². The Kier molecular flexibility index (Phi) is 3.44. The molecule has 0 spiro atoms. The van der Waals surface area contributed by atoms with Crippen molar-refractivity contribution >= 4 is 5.69 Å². The summed E-state index contributed by atoms with van der Waals surface area (Å²) in [6, 6.07) is 7.73. The fraction of sp³-hybridized carbons (Fsp3) is 0.368. The van der Waals surface area contributed by atoms with E-state index in [0.29, 0.717) is 11.5 Å². The van der Waals surface area contributed by atoms with E-state index in [-0.39, 0.29) is 17.5 Å². The predicted octanol–water partition coefficient (Wildman–Crippen LogP) is 3.17. The number of methoxy groups -OCH3 is 2. The van der Waals surface area contributed by atoms with Crippen molar-refractivity contribution in [3.63, 3.8) is 0 Å². The average molecular weight is 327 g/mol. The summed E-state index contributed by atoms with van der Waals surface area (Å²) in [5, 5.41) is 20.3. The number of aryl methyl sites for hydroxylation is 1. The van der Waals surface area contributed by atoms with Crippen LogP contribution in [0, 0.1) is 0 Å². The zero-order valence-corrected chi connectivity index (χ0v) is 13.9. The molecule has 0 aliphatic carbocycles. The van der Waals surface area contributed by atoms with E-state index in [2.05, 4.69) is 4.90 Å². The Morgan fingerprint density at radius 3 is 2.29 bits per heavy atom. The van der Waals surface area contributed by atoms with Gasteiger partial charge < -0.3 is 24.6 Å². The van der Waals surface area contributed by atoms with Gasteiger partial charge in [0.1, 0.15) is 0 Å². The Morgan fingerprint density at radius 2 is 1.58 bits per heavy atom. The molecule has 1 atom stereocenters. The van der Waals surface area contributed by atoms with E-state index in [4.69, 9.17) is 9.47 Å². The van der Waals surface area contributed by atoms with Gasteiger partial charge in [-0.2, -0.15) is 0 Å². The molecule has 0 radical (unpaired) electrons. The van der Waals surface area contributed by atoms with Crippen LogP contribution in [0.3, 0.4) is 0 Å². The molecule has 0 fully saturated rings. The number of hydrogen-bond acceptors (Lipinski definition) is 5. The first kappa shape index (κ1) is 15.0. The molecular weight excluding hydrogens is 306 g/mol. The van der Waals surface area contributed by atoms with Gasteiger partial charge in [-0.1, -0.05) is 0 Å². The third-order valence-corrected chi connectivity index (χ3v) is 5.17. The zero-order chi connectivity index (χ0) is 16.8. The summed E-state index contributed by atoms with van der Waals surface area (Å²) >= 11 is 0. The molecule has 2 aliphatic heterocycles. The smallest absolute Gasteiger partial charge is 0.160 e. The molecule has 2 aromatic rings. The van der Waals surface area contributed by atoms with E-state index in [1.807, 2.05) is 18.2 Å². The minimum Gasteiger partial charge on any atom is -0.504 e. The number of aromatic hydroxyl groups is 2. The maximum atomic E-state index is 10.2. The molecule has 2 aromatic carbocycles. The predicted molar refractivity (Wildman–Crippen MR) is 91.4 cm³/mol. The number of phenolic OH excluding ortho intramolecular Hbond substituents is 2. The summed E-state index contributed by atoms with van der Waals surface area (Å²) in [6.07, 6.45) is 2.77. The summed E-state index contributed by atoms with van der Waals surface area (Å²) in [5.41, 5.74) is 4.64. The molecule has 24 heavy (non-hydrogen) atoms. The largest absolute Gasteiger partial charge is 0.504 e. The minimum atomic E-state index is 0.167. The maximum Gasteiger partial charge on any atom is 0.160 e. The van der Waals surface area contributed by atoms with Crippen molar-refractivity contribution in [2.24, 2.45) is 0 Å². The maximum absolute atomic E-state index is 10.2. The molecular formula is C19H21NO4. The second-order valence-corrected chi connectivity index (χ2v) is 6.37. The van der Waals surface area contributed by atoms with Gasteiger partial charge in [0.05, 0.1) is 20.3 Å². The molecule has 0 saturated carbocycles. The lowest BCUT2D eigenvalue weighted by Gasteiger charge is -2.43.